The third kappa shape index (κ3) is 5.98. The number of benzene rings is 4. The van der Waals surface area contributed by atoms with E-state index in [0.717, 1.165) is 13.0 Å². The van der Waals surface area contributed by atoms with Gasteiger partial charge in [0.25, 0.3) is 0 Å². The molecule has 0 bridgehead atoms. The maximum absolute atomic E-state index is 10.7. The lowest BCUT2D eigenvalue weighted by Gasteiger charge is -2.41. The second kappa shape index (κ2) is 11.6. The summed E-state index contributed by atoms with van der Waals surface area (Å²) >= 11 is 0. The highest BCUT2D eigenvalue weighted by Crippen LogP contribution is 2.38. The monoisotopic (exact) mass is 435 g/mol. The van der Waals surface area contributed by atoms with Crippen LogP contribution in [0.25, 0.3) is 0 Å². The number of nitrogens with zero attached hydrogens (tertiary/aromatic N) is 1. The minimum Gasteiger partial charge on any atom is -0.396 e. The molecule has 0 heterocycles. The molecule has 4 rings (SSSR count). The average molecular weight is 436 g/mol. The fourth-order valence-electron chi connectivity index (χ4n) is 4.77. The number of rotatable bonds is 10. The highest BCUT2D eigenvalue weighted by Gasteiger charge is 2.32. The first-order valence-electron chi connectivity index (χ1n) is 11.8. The van der Waals surface area contributed by atoms with Crippen LogP contribution in [0.5, 0.6) is 0 Å². The second-order valence-electron chi connectivity index (χ2n) is 8.73. The summed E-state index contributed by atoms with van der Waals surface area (Å²) in [4.78, 5) is 2.56. The van der Waals surface area contributed by atoms with Gasteiger partial charge < -0.3 is 5.11 Å². The molecule has 33 heavy (non-hydrogen) atoms. The van der Waals surface area contributed by atoms with Crippen molar-refractivity contribution in [2.24, 2.45) is 5.92 Å². The van der Waals surface area contributed by atoms with Crippen LogP contribution in [0, 0.1) is 5.92 Å². The molecular weight excluding hydrogens is 402 g/mol. The fourth-order valence-corrected chi connectivity index (χ4v) is 4.77. The van der Waals surface area contributed by atoms with Crippen molar-refractivity contribution < 1.29 is 5.11 Å². The van der Waals surface area contributed by atoms with E-state index >= 15 is 0 Å². The standard InChI is InChI=1S/C31H33NO/c1-25(28-18-10-4-11-19-28)32(23-27-16-8-3-9-17-27)31(29-20-12-5-13-21-29)30(24-33)22-26-14-6-2-7-15-26/h2-21,25,30-31,33H,22-24H2,1H3/t25-,30+,31-/m1/s1. The lowest BCUT2D eigenvalue weighted by molar-refractivity contribution is 0.0591. The van der Waals surface area contributed by atoms with E-state index in [-0.39, 0.29) is 24.6 Å². The van der Waals surface area contributed by atoms with Crippen LogP contribution in [0.2, 0.25) is 0 Å². The number of hydrogen-bond donors (Lipinski definition) is 1. The Balaban J connectivity index is 1.77. The smallest absolute Gasteiger partial charge is 0.0480 e. The molecule has 1 N–H and O–H groups in total. The third-order valence-corrected chi connectivity index (χ3v) is 6.51. The topological polar surface area (TPSA) is 23.5 Å². The summed E-state index contributed by atoms with van der Waals surface area (Å²) in [6.45, 7) is 3.22. The summed E-state index contributed by atoms with van der Waals surface area (Å²) in [7, 11) is 0. The number of aliphatic hydroxyl groups excluding tert-OH is 1. The van der Waals surface area contributed by atoms with Gasteiger partial charge in [0, 0.05) is 31.2 Å². The van der Waals surface area contributed by atoms with Gasteiger partial charge in [-0.3, -0.25) is 4.90 Å². The summed E-state index contributed by atoms with van der Waals surface area (Å²) in [5.74, 6) is 0.0599. The molecule has 2 nitrogen and oxygen atoms in total. The van der Waals surface area contributed by atoms with Crippen LogP contribution < -0.4 is 0 Å². The van der Waals surface area contributed by atoms with Gasteiger partial charge in [0.1, 0.15) is 0 Å². The maximum atomic E-state index is 10.7. The van der Waals surface area contributed by atoms with E-state index in [1.54, 1.807) is 0 Å². The minimum absolute atomic E-state index is 0.0599. The van der Waals surface area contributed by atoms with Crippen LogP contribution in [0.1, 0.15) is 41.3 Å². The molecule has 4 aromatic rings. The molecule has 0 spiro atoms. The van der Waals surface area contributed by atoms with Crippen LogP contribution in [-0.2, 0) is 13.0 Å². The van der Waals surface area contributed by atoms with Crippen molar-refractivity contribution in [2.75, 3.05) is 6.61 Å². The Morgan fingerprint density at radius 3 is 1.58 bits per heavy atom. The van der Waals surface area contributed by atoms with Gasteiger partial charge >= 0.3 is 0 Å². The lowest BCUT2D eigenvalue weighted by atomic mass is 9.85. The van der Waals surface area contributed by atoms with E-state index in [4.69, 9.17) is 0 Å². The van der Waals surface area contributed by atoms with E-state index in [0.29, 0.717) is 0 Å². The predicted molar refractivity (Wildman–Crippen MR) is 137 cm³/mol. The molecule has 0 radical (unpaired) electrons. The zero-order chi connectivity index (χ0) is 22.9. The summed E-state index contributed by atoms with van der Waals surface area (Å²) in [5.41, 5.74) is 5.05. The first kappa shape index (κ1) is 23.0. The molecule has 0 unspecified atom stereocenters. The van der Waals surface area contributed by atoms with Gasteiger partial charge in [-0.2, -0.15) is 0 Å². The van der Waals surface area contributed by atoms with Crippen molar-refractivity contribution in [1.82, 2.24) is 4.90 Å². The van der Waals surface area contributed by atoms with Crippen molar-refractivity contribution in [3.63, 3.8) is 0 Å². The largest absolute Gasteiger partial charge is 0.396 e. The number of aliphatic hydroxyl groups is 1. The molecule has 0 aliphatic rings. The second-order valence-corrected chi connectivity index (χ2v) is 8.73. The molecule has 0 saturated carbocycles. The van der Waals surface area contributed by atoms with Crippen molar-refractivity contribution in [1.29, 1.82) is 0 Å². The van der Waals surface area contributed by atoms with Crippen LogP contribution in [0.3, 0.4) is 0 Å². The van der Waals surface area contributed by atoms with Crippen molar-refractivity contribution in [3.8, 4) is 0 Å². The number of hydrogen-bond acceptors (Lipinski definition) is 2. The Morgan fingerprint density at radius 1 is 0.606 bits per heavy atom. The maximum Gasteiger partial charge on any atom is 0.0480 e. The Labute approximate surface area is 198 Å². The predicted octanol–water partition coefficient (Wildman–Crippen LogP) is 6.84. The zero-order valence-electron chi connectivity index (χ0n) is 19.3. The Kier molecular flexibility index (Phi) is 8.08. The quantitative estimate of drug-likeness (QED) is 0.295. The Bertz CT molecular complexity index is 1070. The molecule has 0 aliphatic heterocycles. The fraction of sp³-hybridized carbons (Fsp3) is 0.226. The molecule has 0 fully saturated rings. The molecule has 0 saturated heterocycles. The van der Waals surface area contributed by atoms with Gasteiger partial charge in [0.05, 0.1) is 0 Å². The van der Waals surface area contributed by atoms with Gasteiger partial charge in [0.15, 0.2) is 0 Å². The average Bonchev–Trinajstić information content (AvgIpc) is 2.89. The van der Waals surface area contributed by atoms with Gasteiger partial charge in [-0.1, -0.05) is 121 Å². The highest BCUT2D eigenvalue weighted by molar-refractivity contribution is 5.26. The normalized spacial score (nSPS) is 14.0. The summed E-state index contributed by atoms with van der Waals surface area (Å²) in [5, 5.41) is 10.7. The lowest BCUT2D eigenvalue weighted by Crippen LogP contribution is -2.37. The highest BCUT2D eigenvalue weighted by atomic mass is 16.3. The Morgan fingerprint density at radius 2 is 1.06 bits per heavy atom. The Hall–Kier alpha value is -3.20. The van der Waals surface area contributed by atoms with Crippen molar-refractivity contribution in [3.05, 3.63) is 144 Å². The van der Waals surface area contributed by atoms with Gasteiger partial charge in [-0.15, -0.1) is 0 Å². The van der Waals surface area contributed by atoms with Crippen LogP contribution in [0.4, 0.5) is 0 Å². The van der Waals surface area contributed by atoms with Crippen LogP contribution >= 0.6 is 0 Å². The van der Waals surface area contributed by atoms with E-state index in [9.17, 15) is 5.11 Å². The summed E-state index contributed by atoms with van der Waals surface area (Å²) in [6, 6.07) is 42.8. The van der Waals surface area contributed by atoms with E-state index in [1.165, 1.54) is 22.3 Å². The molecule has 3 atom stereocenters. The zero-order valence-corrected chi connectivity index (χ0v) is 19.3. The SMILES string of the molecule is C[C@H](c1ccccc1)N(Cc1ccccc1)[C@H](c1ccccc1)[C@H](CO)Cc1ccccc1. The molecule has 4 aromatic carbocycles. The van der Waals surface area contributed by atoms with Gasteiger partial charge in [-0.25, -0.2) is 0 Å². The van der Waals surface area contributed by atoms with Crippen molar-refractivity contribution in [2.45, 2.75) is 32.0 Å². The van der Waals surface area contributed by atoms with Crippen molar-refractivity contribution >= 4 is 0 Å². The molecular formula is C31H33NO. The molecule has 168 valence electrons. The van der Waals surface area contributed by atoms with Crippen LogP contribution in [-0.4, -0.2) is 16.6 Å². The van der Waals surface area contributed by atoms with Gasteiger partial charge in [-0.05, 0) is 35.6 Å². The molecule has 2 heteroatoms. The molecule has 0 aliphatic carbocycles. The molecule has 0 amide bonds. The first-order chi connectivity index (χ1) is 16.3. The van der Waals surface area contributed by atoms with E-state index in [1.807, 2.05) is 6.07 Å². The van der Waals surface area contributed by atoms with Crippen LogP contribution in [0.15, 0.2) is 121 Å². The minimum atomic E-state index is 0.0599. The van der Waals surface area contributed by atoms with E-state index in [2.05, 4.69) is 127 Å². The van der Waals surface area contributed by atoms with Gasteiger partial charge in [0.2, 0.25) is 0 Å². The third-order valence-electron chi connectivity index (χ3n) is 6.51. The first-order valence-corrected chi connectivity index (χ1v) is 11.8. The molecule has 0 aromatic heterocycles. The summed E-state index contributed by atoms with van der Waals surface area (Å²) in [6.07, 6.45) is 0.823. The summed E-state index contributed by atoms with van der Waals surface area (Å²) < 4.78 is 0. The van der Waals surface area contributed by atoms with E-state index < -0.39 is 0 Å².